The van der Waals surface area contributed by atoms with Crippen molar-refractivity contribution in [1.82, 2.24) is 9.88 Å². The number of halogens is 2. The van der Waals surface area contributed by atoms with Gasteiger partial charge in [0.15, 0.2) is 0 Å². The first kappa shape index (κ1) is 30.2. The summed E-state index contributed by atoms with van der Waals surface area (Å²) in [6.07, 6.45) is 1.68. The summed E-state index contributed by atoms with van der Waals surface area (Å²) in [5.74, 6) is 0.373. The van der Waals surface area contributed by atoms with Crippen molar-refractivity contribution in [2.75, 3.05) is 32.9 Å². The molecule has 0 radical (unpaired) electrons. The number of fused-ring (bicyclic) bond motifs is 3. The summed E-state index contributed by atoms with van der Waals surface area (Å²) in [5.41, 5.74) is 3.81. The minimum absolute atomic E-state index is 0.0687. The number of rotatable bonds is 8. The number of aromatic hydroxyl groups is 1. The van der Waals surface area contributed by atoms with Crippen molar-refractivity contribution < 1.29 is 28.5 Å². The summed E-state index contributed by atoms with van der Waals surface area (Å²) in [5, 5.41) is 15.0. The molecule has 3 aromatic carbocycles. The van der Waals surface area contributed by atoms with Crippen molar-refractivity contribution in [3.05, 3.63) is 98.4 Å². The lowest BCUT2D eigenvalue weighted by Gasteiger charge is -2.36. The van der Waals surface area contributed by atoms with E-state index in [-0.39, 0.29) is 19.0 Å². The van der Waals surface area contributed by atoms with Crippen LogP contribution in [0.1, 0.15) is 51.3 Å². The van der Waals surface area contributed by atoms with E-state index in [0.29, 0.717) is 80.9 Å². The van der Waals surface area contributed by atoms with Gasteiger partial charge in [-0.25, -0.2) is 9.78 Å². The van der Waals surface area contributed by atoms with Gasteiger partial charge in [-0.15, -0.1) is 0 Å². The minimum Gasteiger partial charge on any atom is -0.507 e. The highest BCUT2D eigenvalue weighted by atomic mass is 35.5. The highest BCUT2D eigenvalue weighted by Gasteiger charge is 2.34. The molecule has 3 heterocycles. The number of esters is 1. The van der Waals surface area contributed by atoms with E-state index in [1.54, 1.807) is 20.0 Å². The second-order valence-corrected chi connectivity index (χ2v) is 11.5. The lowest BCUT2D eigenvalue weighted by Crippen LogP contribution is -2.39. The van der Waals surface area contributed by atoms with Crippen molar-refractivity contribution >= 4 is 50.9 Å². The zero-order valence-corrected chi connectivity index (χ0v) is 26.2. The van der Waals surface area contributed by atoms with E-state index in [2.05, 4.69) is 9.88 Å². The topological polar surface area (TPSA) is 94.3 Å². The van der Waals surface area contributed by atoms with Crippen LogP contribution < -0.4 is 4.74 Å². The van der Waals surface area contributed by atoms with E-state index in [0.717, 1.165) is 16.7 Å². The van der Waals surface area contributed by atoms with Crippen molar-refractivity contribution in [3.63, 3.8) is 0 Å². The third-order valence-electron chi connectivity index (χ3n) is 8.00. The molecule has 1 atom stereocenters. The third-order valence-corrected chi connectivity index (χ3v) is 8.79. The minimum atomic E-state index is -0.505. The number of morpholine rings is 1. The van der Waals surface area contributed by atoms with Crippen LogP contribution in [0.3, 0.4) is 0 Å². The SMILES string of the molecule is CCOC(=O)c1c(C)oc2c1c(C(c1ccnc(OCc3cc(Cl)c(C)c(Cl)c3)c1)N1CCOCC1)c(O)c1ccccc12. The van der Waals surface area contributed by atoms with Crippen LogP contribution >= 0.6 is 23.2 Å². The molecule has 0 saturated carbocycles. The van der Waals surface area contributed by atoms with Crippen LogP contribution in [0.5, 0.6) is 11.6 Å². The lowest BCUT2D eigenvalue weighted by atomic mass is 9.89. The maximum absolute atomic E-state index is 13.4. The van der Waals surface area contributed by atoms with Gasteiger partial charge in [-0.1, -0.05) is 47.5 Å². The maximum Gasteiger partial charge on any atom is 0.342 e. The number of aryl methyl sites for hydroxylation is 1. The molecule has 1 aliphatic rings. The average molecular weight is 636 g/mol. The van der Waals surface area contributed by atoms with Crippen LogP contribution in [0.15, 0.2) is 59.1 Å². The Bertz CT molecular complexity index is 1840. The predicted molar refractivity (Wildman–Crippen MR) is 170 cm³/mol. The molecule has 0 bridgehead atoms. The molecule has 1 unspecified atom stereocenters. The number of hydrogen-bond donors (Lipinski definition) is 1. The molecular formula is C34H32Cl2N2O6. The van der Waals surface area contributed by atoms with E-state index in [1.807, 2.05) is 55.5 Å². The van der Waals surface area contributed by atoms with Gasteiger partial charge in [0, 0.05) is 57.1 Å². The first-order valence-electron chi connectivity index (χ1n) is 14.5. The summed E-state index contributed by atoms with van der Waals surface area (Å²) >= 11 is 12.7. The van der Waals surface area contributed by atoms with Gasteiger partial charge in [-0.2, -0.15) is 0 Å². The Morgan fingerprint density at radius 2 is 1.77 bits per heavy atom. The molecule has 8 nitrogen and oxygen atoms in total. The van der Waals surface area contributed by atoms with Gasteiger partial charge in [0.2, 0.25) is 5.88 Å². The van der Waals surface area contributed by atoms with Gasteiger partial charge in [-0.3, -0.25) is 4.90 Å². The van der Waals surface area contributed by atoms with Crippen LogP contribution in [0.2, 0.25) is 10.0 Å². The number of ether oxygens (including phenoxy) is 3. The molecule has 0 amide bonds. The number of aromatic nitrogens is 1. The van der Waals surface area contributed by atoms with Crippen LogP contribution in [-0.4, -0.2) is 53.9 Å². The largest absolute Gasteiger partial charge is 0.507 e. The second-order valence-electron chi connectivity index (χ2n) is 10.7. The fourth-order valence-corrected chi connectivity index (χ4v) is 6.40. The molecule has 0 spiro atoms. The molecule has 2 aromatic heterocycles. The summed E-state index contributed by atoms with van der Waals surface area (Å²) in [6, 6.07) is 14.4. The van der Waals surface area contributed by atoms with E-state index in [1.165, 1.54) is 0 Å². The molecule has 1 N–H and O–H groups in total. The molecule has 1 aliphatic heterocycles. The average Bonchev–Trinajstić information content (AvgIpc) is 3.38. The molecular weight excluding hydrogens is 603 g/mol. The summed E-state index contributed by atoms with van der Waals surface area (Å²) in [4.78, 5) is 20.1. The molecule has 1 fully saturated rings. The molecule has 5 aromatic rings. The molecule has 0 aliphatic carbocycles. The van der Waals surface area contributed by atoms with Crippen molar-refractivity contribution in [2.24, 2.45) is 0 Å². The molecule has 44 heavy (non-hydrogen) atoms. The number of furan rings is 1. The number of carbonyl (C=O) groups excluding carboxylic acids is 1. The summed E-state index contributed by atoms with van der Waals surface area (Å²) in [6.45, 7) is 8.02. The van der Waals surface area contributed by atoms with Crippen molar-refractivity contribution in [3.8, 4) is 11.6 Å². The maximum atomic E-state index is 13.4. The number of phenolic OH excluding ortho intramolecular Hbond substituents is 1. The van der Waals surface area contributed by atoms with E-state index in [9.17, 15) is 9.90 Å². The zero-order valence-electron chi connectivity index (χ0n) is 24.7. The van der Waals surface area contributed by atoms with Gasteiger partial charge in [0.25, 0.3) is 0 Å². The molecule has 228 valence electrons. The van der Waals surface area contributed by atoms with E-state index < -0.39 is 12.0 Å². The Hall–Kier alpha value is -3.82. The van der Waals surface area contributed by atoms with Gasteiger partial charge in [0.05, 0.1) is 25.9 Å². The molecule has 6 rings (SSSR count). The van der Waals surface area contributed by atoms with Gasteiger partial charge in [-0.05, 0) is 55.7 Å². The summed E-state index contributed by atoms with van der Waals surface area (Å²) in [7, 11) is 0. The molecule has 10 heteroatoms. The number of benzene rings is 3. The normalized spacial score (nSPS) is 14.7. The predicted octanol–water partition coefficient (Wildman–Crippen LogP) is 7.79. The quantitative estimate of drug-likeness (QED) is 0.173. The number of pyridine rings is 1. The number of carbonyl (C=O) groups is 1. The fraction of sp³-hybridized carbons (Fsp3) is 0.294. The second kappa shape index (κ2) is 12.7. The Balaban J connectivity index is 1.52. The number of phenols is 1. The van der Waals surface area contributed by atoms with Crippen LogP contribution in [0, 0.1) is 13.8 Å². The highest BCUT2D eigenvalue weighted by Crippen LogP contribution is 2.47. The first-order chi connectivity index (χ1) is 21.3. The van der Waals surface area contributed by atoms with Gasteiger partial charge < -0.3 is 23.7 Å². The zero-order chi connectivity index (χ0) is 31.0. The molecule has 1 saturated heterocycles. The number of nitrogens with zero attached hydrogens (tertiary/aromatic N) is 2. The summed E-state index contributed by atoms with van der Waals surface area (Å²) < 4.78 is 23.5. The Kier molecular flexibility index (Phi) is 8.69. The van der Waals surface area contributed by atoms with E-state index >= 15 is 0 Å². The van der Waals surface area contributed by atoms with Crippen LogP contribution in [0.25, 0.3) is 21.7 Å². The Morgan fingerprint density at radius 3 is 2.48 bits per heavy atom. The smallest absolute Gasteiger partial charge is 0.342 e. The Morgan fingerprint density at radius 1 is 1.07 bits per heavy atom. The lowest BCUT2D eigenvalue weighted by molar-refractivity contribution is 0.0237. The van der Waals surface area contributed by atoms with Crippen molar-refractivity contribution in [2.45, 2.75) is 33.4 Å². The van der Waals surface area contributed by atoms with Crippen LogP contribution in [0.4, 0.5) is 0 Å². The highest BCUT2D eigenvalue weighted by molar-refractivity contribution is 6.36. The third kappa shape index (κ3) is 5.59. The Labute approximate surface area is 265 Å². The monoisotopic (exact) mass is 634 g/mol. The van der Waals surface area contributed by atoms with Crippen molar-refractivity contribution in [1.29, 1.82) is 0 Å². The van der Waals surface area contributed by atoms with Gasteiger partial charge in [0.1, 0.15) is 29.3 Å². The van der Waals surface area contributed by atoms with Crippen LogP contribution in [-0.2, 0) is 16.1 Å². The number of hydrogen-bond acceptors (Lipinski definition) is 8. The fourth-order valence-electron chi connectivity index (χ4n) is 5.87. The first-order valence-corrected chi connectivity index (χ1v) is 15.2. The van der Waals surface area contributed by atoms with E-state index in [4.69, 9.17) is 41.8 Å². The van der Waals surface area contributed by atoms with Gasteiger partial charge >= 0.3 is 5.97 Å². The standard InChI is InChI=1S/C34H32Cl2N2O6/c1-4-42-34(40)28-20(3)44-33-24-8-6-5-7-23(24)32(39)30(29(28)33)31(38-11-13-41-14-12-38)22-9-10-37-27(17-22)43-18-21-15-25(35)19(2)26(36)16-21/h5-10,15-17,31,39H,4,11-14,18H2,1-3H3.